The third-order valence-electron chi connectivity index (χ3n) is 8.52. The summed E-state index contributed by atoms with van der Waals surface area (Å²) in [5, 5.41) is 20.1. The Morgan fingerprint density at radius 1 is 1.20 bits per heavy atom. The number of halogens is 3. The summed E-state index contributed by atoms with van der Waals surface area (Å²) in [5.74, 6) is -2.05. The van der Waals surface area contributed by atoms with E-state index in [4.69, 9.17) is 23.2 Å². The molecule has 3 atom stereocenters. The number of rotatable bonds is 3. The van der Waals surface area contributed by atoms with Crippen molar-refractivity contribution in [2.45, 2.75) is 73.6 Å². The minimum Gasteiger partial charge on any atom is -0.390 e. The summed E-state index contributed by atoms with van der Waals surface area (Å²) >= 11 is 12.4. The van der Waals surface area contributed by atoms with E-state index < -0.39 is 34.3 Å². The number of benzene rings is 2. The number of amides is 2. The largest absolute Gasteiger partial charge is 0.390 e. The first-order chi connectivity index (χ1) is 16.6. The fourth-order valence-corrected chi connectivity index (χ4v) is 7.34. The molecule has 3 fully saturated rings. The number of carbonyl (C=O) groups is 2. The molecular weight excluding hydrogens is 492 g/mol. The number of hydrogen-bond acceptors (Lipinski definition) is 4. The van der Waals surface area contributed by atoms with Crippen LogP contribution in [0, 0.1) is 5.82 Å². The van der Waals surface area contributed by atoms with E-state index in [0.717, 1.165) is 6.42 Å². The maximum Gasteiger partial charge on any atom is 0.238 e. The molecule has 2 heterocycles. The van der Waals surface area contributed by atoms with E-state index in [2.05, 4.69) is 16.0 Å². The third-order valence-corrected chi connectivity index (χ3v) is 9.05. The molecule has 2 amide bonds. The summed E-state index contributed by atoms with van der Waals surface area (Å²) in [4.78, 5) is 27.7. The Kier molecular flexibility index (Phi) is 5.08. The molecule has 6 nitrogen and oxygen atoms in total. The number of hydrogen-bond donors (Lipinski definition) is 4. The number of anilines is 1. The van der Waals surface area contributed by atoms with Crippen LogP contribution in [-0.4, -0.2) is 40.1 Å². The van der Waals surface area contributed by atoms with Gasteiger partial charge in [0.2, 0.25) is 11.8 Å². The number of aliphatic hydroxyl groups is 1. The smallest absolute Gasteiger partial charge is 0.238 e. The summed E-state index contributed by atoms with van der Waals surface area (Å²) in [6.07, 6.45) is 3.11. The monoisotopic (exact) mass is 517 g/mol. The predicted molar refractivity (Wildman–Crippen MR) is 131 cm³/mol. The van der Waals surface area contributed by atoms with Gasteiger partial charge in [0, 0.05) is 28.2 Å². The highest BCUT2D eigenvalue weighted by Crippen LogP contribution is 2.64. The number of carbonyl (C=O) groups excluding carboxylic acids is 2. The lowest BCUT2D eigenvalue weighted by Crippen LogP contribution is -2.63. The number of fused-ring (bicyclic) bond motifs is 3. The highest BCUT2D eigenvalue weighted by Gasteiger charge is 2.74. The lowest BCUT2D eigenvalue weighted by atomic mass is 9.53. The van der Waals surface area contributed by atoms with Crippen molar-refractivity contribution in [2.24, 2.45) is 0 Å². The minimum atomic E-state index is -1.22. The summed E-state index contributed by atoms with van der Waals surface area (Å²) in [6.45, 7) is 1.73. The summed E-state index contributed by atoms with van der Waals surface area (Å²) < 4.78 is 15.6. The second kappa shape index (κ2) is 7.65. The zero-order valence-electron chi connectivity index (χ0n) is 19.1. The molecule has 0 bridgehead atoms. The Morgan fingerprint density at radius 2 is 1.94 bits per heavy atom. The molecule has 35 heavy (non-hydrogen) atoms. The molecule has 6 rings (SSSR count). The zero-order valence-corrected chi connectivity index (χ0v) is 20.6. The van der Waals surface area contributed by atoms with Gasteiger partial charge in [0.05, 0.1) is 16.7 Å². The molecule has 1 saturated heterocycles. The highest BCUT2D eigenvalue weighted by atomic mass is 35.5. The maximum absolute atomic E-state index is 15.6. The first-order valence-corrected chi connectivity index (χ1v) is 12.7. The van der Waals surface area contributed by atoms with Crippen LogP contribution < -0.4 is 16.0 Å². The van der Waals surface area contributed by atoms with Crippen LogP contribution in [0.2, 0.25) is 10.0 Å². The first-order valence-electron chi connectivity index (χ1n) is 11.9. The van der Waals surface area contributed by atoms with E-state index >= 15 is 4.39 Å². The van der Waals surface area contributed by atoms with Gasteiger partial charge in [0.25, 0.3) is 0 Å². The Balaban J connectivity index is 1.53. The van der Waals surface area contributed by atoms with Gasteiger partial charge in [-0.05, 0) is 68.4 Å². The van der Waals surface area contributed by atoms with Gasteiger partial charge < -0.3 is 15.7 Å². The Labute approximate surface area is 212 Å². The Bertz CT molecular complexity index is 1260. The van der Waals surface area contributed by atoms with Crippen molar-refractivity contribution in [3.8, 4) is 0 Å². The fourth-order valence-electron chi connectivity index (χ4n) is 6.99. The Hall–Kier alpha value is -2.19. The van der Waals surface area contributed by atoms with Gasteiger partial charge in [-0.15, -0.1) is 0 Å². The van der Waals surface area contributed by atoms with Crippen LogP contribution in [0.5, 0.6) is 0 Å². The van der Waals surface area contributed by atoms with Crippen molar-refractivity contribution in [1.29, 1.82) is 0 Å². The van der Waals surface area contributed by atoms with Gasteiger partial charge in [-0.2, -0.15) is 0 Å². The molecule has 4 N–H and O–H groups in total. The summed E-state index contributed by atoms with van der Waals surface area (Å²) in [5.41, 5.74) is -1.22. The van der Waals surface area contributed by atoms with Crippen molar-refractivity contribution < 1.29 is 19.1 Å². The van der Waals surface area contributed by atoms with Crippen molar-refractivity contribution in [3.05, 3.63) is 63.4 Å². The van der Waals surface area contributed by atoms with E-state index in [1.54, 1.807) is 31.2 Å². The lowest BCUT2D eigenvalue weighted by Gasteiger charge is -2.50. The van der Waals surface area contributed by atoms with Crippen LogP contribution in [-0.2, 0) is 15.0 Å². The zero-order chi connectivity index (χ0) is 24.8. The molecular formula is C26H26Cl2FN3O3. The molecule has 9 heteroatoms. The van der Waals surface area contributed by atoms with E-state index in [9.17, 15) is 14.7 Å². The second-order valence-electron chi connectivity index (χ2n) is 10.7. The van der Waals surface area contributed by atoms with Gasteiger partial charge >= 0.3 is 0 Å². The fraction of sp³-hybridized carbons (Fsp3) is 0.462. The van der Waals surface area contributed by atoms with E-state index in [1.807, 2.05) is 6.07 Å². The van der Waals surface area contributed by atoms with Gasteiger partial charge in [-0.1, -0.05) is 41.4 Å². The van der Waals surface area contributed by atoms with E-state index in [-0.39, 0.29) is 28.4 Å². The van der Waals surface area contributed by atoms with Gasteiger partial charge in [0.1, 0.15) is 11.2 Å². The molecule has 2 saturated carbocycles. The molecule has 184 valence electrons. The van der Waals surface area contributed by atoms with Crippen molar-refractivity contribution >= 4 is 40.7 Å². The van der Waals surface area contributed by atoms with Crippen LogP contribution in [0.1, 0.15) is 56.1 Å². The quantitative estimate of drug-likeness (QED) is 0.494. The van der Waals surface area contributed by atoms with Crippen LogP contribution in [0.4, 0.5) is 10.1 Å². The minimum absolute atomic E-state index is 0.0591. The van der Waals surface area contributed by atoms with Gasteiger partial charge in [-0.3, -0.25) is 14.9 Å². The summed E-state index contributed by atoms with van der Waals surface area (Å²) in [7, 11) is 0. The number of nitrogens with one attached hydrogen (secondary N) is 3. The van der Waals surface area contributed by atoms with Crippen LogP contribution >= 0.6 is 23.2 Å². The average molecular weight is 518 g/mol. The van der Waals surface area contributed by atoms with E-state index in [0.29, 0.717) is 42.0 Å². The Morgan fingerprint density at radius 3 is 2.60 bits per heavy atom. The molecule has 4 aliphatic rings. The molecule has 2 aromatic carbocycles. The van der Waals surface area contributed by atoms with Crippen molar-refractivity contribution in [1.82, 2.24) is 10.6 Å². The molecule has 2 spiro atoms. The SMILES string of the molecule is CC1(O)CC(NC(=O)[C@@H]2NC3(CCC3)[C@@]3(C(=O)Nc4cc(Cl)ccc43)[C@H]2c2cccc(Cl)c2F)C1. The summed E-state index contributed by atoms with van der Waals surface area (Å²) in [6, 6.07) is 8.91. The molecule has 0 radical (unpaired) electrons. The predicted octanol–water partition coefficient (Wildman–Crippen LogP) is 4.03. The standard InChI is InChI=1S/C26H26Cl2FN3O3/c1-24(35)11-14(12-24)30-22(33)21-19(15-4-2-5-17(28)20(15)29)26(25(32-21)8-3-9-25)16-7-6-13(27)10-18(16)31-23(26)34/h2,4-7,10,14,19,21,32,35H,3,8-9,11-12H2,1H3,(H,30,33)(H,31,34)/t14?,19-,21+,24?,26+/m0/s1. The lowest BCUT2D eigenvalue weighted by molar-refractivity contribution is -0.127. The van der Waals surface area contributed by atoms with Crippen molar-refractivity contribution in [3.63, 3.8) is 0 Å². The van der Waals surface area contributed by atoms with Crippen LogP contribution in [0.15, 0.2) is 36.4 Å². The van der Waals surface area contributed by atoms with Gasteiger partial charge in [-0.25, -0.2) is 4.39 Å². The molecule has 2 aromatic rings. The highest BCUT2D eigenvalue weighted by molar-refractivity contribution is 6.31. The topological polar surface area (TPSA) is 90.5 Å². The van der Waals surface area contributed by atoms with Crippen LogP contribution in [0.3, 0.4) is 0 Å². The third kappa shape index (κ3) is 3.14. The van der Waals surface area contributed by atoms with Gasteiger partial charge in [0.15, 0.2) is 0 Å². The first kappa shape index (κ1) is 23.2. The molecule has 2 aliphatic heterocycles. The molecule has 0 aromatic heterocycles. The molecule has 2 aliphatic carbocycles. The second-order valence-corrected chi connectivity index (χ2v) is 11.6. The van der Waals surface area contributed by atoms with Crippen molar-refractivity contribution in [2.75, 3.05) is 5.32 Å². The maximum atomic E-state index is 15.6. The normalized spacial score (nSPS) is 34.3. The molecule has 0 unspecified atom stereocenters. The van der Waals surface area contributed by atoms with E-state index in [1.165, 1.54) is 6.07 Å². The average Bonchev–Trinajstić information content (AvgIpc) is 3.22. The van der Waals surface area contributed by atoms with Crippen LogP contribution in [0.25, 0.3) is 0 Å².